The Balaban J connectivity index is 2.12. The molecule has 1 N–H and O–H groups in total. The summed E-state index contributed by atoms with van der Waals surface area (Å²) in [6, 6.07) is 10.5. The van der Waals surface area contributed by atoms with Gasteiger partial charge in [0.1, 0.15) is 5.75 Å². The van der Waals surface area contributed by atoms with Gasteiger partial charge in [-0.2, -0.15) is 0 Å². The molecule has 0 aromatic carbocycles. The molecule has 4 heteroatoms. The van der Waals surface area contributed by atoms with Gasteiger partial charge in [-0.3, -0.25) is 0 Å². The number of nitrogens with zero attached hydrogens (tertiary/aromatic N) is 1. The van der Waals surface area contributed by atoms with Crippen LogP contribution in [0.25, 0.3) is 6.08 Å². The van der Waals surface area contributed by atoms with Crippen LogP contribution in [0.1, 0.15) is 31.2 Å². The van der Waals surface area contributed by atoms with Gasteiger partial charge in [-0.05, 0) is 51.0 Å². The van der Waals surface area contributed by atoms with Crippen molar-refractivity contribution in [2.24, 2.45) is 0 Å². The number of aromatic nitrogens is 1. The Morgan fingerprint density at radius 1 is 1.38 bits per heavy atom. The minimum Gasteiger partial charge on any atom is -0.497 e. The largest absolute Gasteiger partial charge is 0.497 e. The second kappa shape index (κ2) is 10.3. The molecule has 1 unspecified atom stereocenters. The van der Waals surface area contributed by atoms with E-state index in [1.807, 2.05) is 43.1 Å². The first-order valence-electron chi connectivity index (χ1n) is 8.50. The molecule has 1 aliphatic heterocycles. The molecular weight excluding hydrogens is 316 g/mol. The molecule has 0 amide bonds. The molecule has 1 aromatic heterocycles. The van der Waals surface area contributed by atoms with Crippen LogP contribution in [0.5, 0.6) is 5.75 Å². The van der Waals surface area contributed by atoms with Crippen molar-refractivity contribution in [2.45, 2.75) is 32.7 Å². The smallest absolute Gasteiger partial charge is 0.120 e. The van der Waals surface area contributed by atoms with Crippen molar-refractivity contribution in [1.29, 1.82) is 0 Å². The number of methoxy groups -OCH3 is 1. The summed E-state index contributed by atoms with van der Waals surface area (Å²) in [7, 11) is 1.69. The zero-order chi connectivity index (χ0) is 17.2. The van der Waals surface area contributed by atoms with E-state index < -0.39 is 0 Å². The van der Waals surface area contributed by atoms with Crippen LogP contribution in [0, 0.1) is 6.92 Å². The Morgan fingerprint density at radius 2 is 2.21 bits per heavy atom. The Kier molecular flexibility index (Phi) is 7.99. The highest BCUT2D eigenvalue weighted by atomic mass is 32.2. The second-order valence-corrected chi connectivity index (χ2v) is 6.93. The van der Waals surface area contributed by atoms with Gasteiger partial charge < -0.3 is 9.72 Å². The number of nitrogens with one attached hydrogen (secondary N) is 1. The number of aryl methyl sites for hydroxylation is 1. The lowest BCUT2D eigenvalue weighted by molar-refractivity contribution is 0.414. The highest BCUT2D eigenvalue weighted by Crippen LogP contribution is 2.25. The first kappa shape index (κ1) is 18.7. The zero-order valence-corrected chi connectivity index (χ0v) is 15.7. The number of allylic oxidation sites excluding steroid dienone is 1. The molecule has 1 aromatic rings. The van der Waals surface area contributed by atoms with Crippen molar-refractivity contribution in [3.8, 4) is 5.75 Å². The minimum absolute atomic E-state index is 0.477. The van der Waals surface area contributed by atoms with Crippen LogP contribution in [-0.4, -0.2) is 34.7 Å². The lowest BCUT2D eigenvalue weighted by Gasteiger charge is -2.22. The molecule has 3 nitrogen and oxygen atoms in total. The normalized spacial score (nSPS) is 16.6. The molecule has 1 aliphatic rings. The summed E-state index contributed by atoms with van der Waals surface area (Å²) >= 11 is 1.97. The van der Waals surface area contributed by atoms with Crippen LogP contribution in [0.4, 0.5) is 0 Å². The van der Waals surface area contributed by atoms with E-state index in [4.69, 9.17) is 4.74 Å². The van der Waals surface area contributed by atoms with E-state index in [2.05, 4.69) is 46.6 Å². The van der Waals surface area contributed by atoms with Gasteiger partial charge in [-0.1, -0.05) is 42.3 Å². The minimum atomic E-state index is 0.477. The molecule has 0 saturated carbocycles. The van der Waals surface area contributed by atoms with Crippen LogP contribution in [0.15, 0.2) is 48.6 Å². The Labute approximate surface area is 150 Å². The standard InChI is InChI=1S/C20H28N2OS/c1-4-9-19(22-14-8-15-24-22)12-7-11-18-10-5-6-13-20(23-3)16-17(2)21-18/h4-7,9-11,13,16,19,21H,8,12,14-15H2,1-3H3/b6-5?,9-4-,11-7+,17-16?,18-10?,20-13?. The van der Waals surface area contributed by atoms with Crippen LogP contribution in [0.3, 0.4) is 0 Å². The average Bonchev–Trinajstić information content (AvgIpc) is 3.11. The van der Waals surface area contributed by atoms with Crippen molar-refractivity contribution < 1.29 is 4.74 Å². The van der Waals surface area contributed by atoms with Gasteiger partial charge in [0, 0.05) is 29.7 Å². The number of aromatic amines is 1. The molecule has 2 rings (SSSR count). The first-order chi connectivity index (χ1) is 11.7. The molecule has 0 aliphatic carbocycles. The maximum absolute atomic E-state index is 5.32. The fourth-order valence-corrected chi connectivity index (χ4v) is 3.78. The summed E-state index contributed by atoms with van der Waals surface area (Å²) < 4.78 is 7.82. The molecule has 130 valence electrons. The van der Waals surface area contributed by atoms with Gasteiger partial charge in [0.25, 0.3) is 0 Å². The molecular formula is C20H28N2OS. The molecule has 0 radical (unpaired) electrons. The van der Waals surface area contributed by atoms with Crippen LogP contribution >= 0.6 is 11.9 Å². The van der Waals surface area contributed by atoms with E-state index in [1.165, 1.54) is 18.7 Å². The molecule has 1 saturated heterocycles. The summed E-state index contributed by atoms with van der Waals surface area (Å²) in [5.41, 5.74) is 2.14. The highest BCUT2D eigenvalue weighted by molar-refractivity contribution is 7.97. The average molecular weight is 345 g/mol. The lowest BCUT2D eigenvalue weighted by Crippen LogP contribution is -2.24. The van der Waals surface area contributed by atoms with E-state index in [1.54, 1.807) is 7.11 Å². The summed E-state index contributed by atoms with van der Waals surface area (Å²) in [5.74, 6) is 2.09. The van der Waals surface area contributed by atoms with Gasteiger partial charge in [-0.15, -0.1) is 0 Å². The summed E-state index contributed by atoms with van der Waals surface area (Å²) in [6.45, 7) is 5.33. The van der Waals surface area contributed by atoms with Crippen molar-refractivity contribution in [3.05, 3.63) is 59.9 Å². The molecule has 24 heavy (non-hydrogen) atoms. The molecule has 0 spiro atoms. The lowest BCUT2D eigenvalue weighted by atomic mass is 10.1. The van der Waals surface area contributed by atoms with Crippen molar-refractivity contribution >= 4 is 18.0 Å². The van der Waals surface area contributed by atoms with E-state index in [0.717, 1.165) is 23.6 Å². The Hall–Kier alpha value is -1.65. The number of ether oxygens (including phenoxy) is 1. The number of hydrogen-bond acceptors (Lipinski definition) is 3. The maximum atomic E-state index is 5.32. The third-order valence-electron chi connectivity index (χ3n) is 3.82. The Morgan fingerprint density at radius 3 is 2.92 bits per heavy atom. The summed E-state index contributed by atoms with van der Waals surface area (Å²) in [4.78, 5) is 3.42. The topological polar surface area (TPSA) is 28.3 Å². The number of hydrogen-bond donors (Lipinski definition) is 1. The predicted molar refractivity (Wildman–Crippen MR) is 106 cm³/mol. The number of rotatable bonds is 6. The molecule has 1 atom stereocenters. The fraction of sp³-hybridized carbons (Fsp3) is 0.400. The second-order valence-electron chi connectivity index (χ2n) is 5.79. The van der Waals surface area contributed by atoms with E-state index in [9.17, 15) is 0 Å². The van der Waals surface area contributed by atoms with Gasteiger partial charge >= 0.3 is 0 Å². The summed E-state index contributed by atoms with van der Waals surface area (Å²) in [5, 5.41) is 0. The maximum Gasteiger partial charge on any atom is 0.120 e. The zero-order valence-electron chi connectivity index (χ0n) is 14.9. The van der Waals surface area contributed by atoms with Crippen molar-refractivity contribution in [1.82, 2.24) is 9.29 Å². The molecule has 0 bridgehead atoms. The SMILES string of the molecule is C/C=C\C(C/C=C/c1ccccc(OC)cc(C)[nH]1)N1CCCS1. The highest BCUT2D eigenvalue weighted by Gasteiger charge is 2.19. The monoisotopic (exact) mass is 344 g/mol. The van der Waals surface area contributed by atoms with Gasteiger partial charge in [-0.25, -0.2) is 4.31 Å². The van der Waals surface area contributed by atoms with E-state index in [-0.39, 0.29) is 0 Å². The van der Waals surface area contributed by atoms with Gasteiger partial charge in [0.2, 0.25) is 0 Å². The van der Waals surface area contributed by atoms with E-state index >= 15 is 0 Å². The van der Waals surface area contributed by atoms with Gasteiger partial charge in [0.15, 0.2) is 0 Å². The van der Waals surface area contributed by atoms with Crippen molar-refractivity contribution in [2.75, 3.05) is 19.4 Å². The van der Waals surface area contributed by atoms with Crippen molar-refractivity contribution in [3.63, 3.8) is 0 Å². The Bertz CT molecular complexity index is 614. The predicted octanol–water partition coefficient (Wildman–Crippen LogP) is 5.16. The summed E-state index contributed by atoms with van der Waals surface area (Å²) in [6.07, 6.45) is 11.2. The van der Waals surface area contributed by atoms with E-state index in [0.29, 0.717) is 6.04 Å². The first-order valence-corrected chi connectivity index (χ1v) is 9.44. The molecule has 2 heterocycles. The van der Waals surface area contributed by atoms with Crippen LogP contribution < -0.4 is 4.74 Å². The van der Waals surface area contributed by atoms with Gasteiger partial charge in [0.05, 0.1) is 7.11 Å². The third kappa shape index (κ3) is 6.10. The van der Waals surface area contributed by atoms with Crippen LogP contribution in [-0.2, 0) is 0 Å². The fourth-order valence-electron chi connectivity index (χ4n) is 2.68. The third-order valence-corrected chi connectivity index (χ3v) is 5.08. The molecule has 1 fully saturated rings. The number of H-pyrrole nitrogens is 1. The van der Waals surface area contributed by atoms with Crippen LogP contribution in [0.2, 0.25) is 0 Å². The quantitative estimate of drug-likeness (QED) is 0.571.